The maximum Gasteiger partial charge on any atom is 0.242 e. The van der Waals surface area contributed by atoms with Gasteiger partial charge in [0.05, 0.1) is 0 Å². The summed E-state index contributed by atoms with van der Waals surface area (Å²) in [6, 6.07) is -0.211. The molecular formula is C14H26ClN3O2. The van der Waals surface area contributed by atoms with Gasteiger partial charge in [0.2, 0.25) is 11.8 Å². The second kappa shape index (κ2) is 8.47. The number of carbonyl (C=O) groups excluding carboxylic acids is 2. The summed E-state index contributed by atoms with van der Waals surface area (Å²) in [6.45, 7) is 0.721. The van der Waals surface area contributed by atoms with Gasteiger partial charge >= 0.3 is 0 Å². The molecule has 0 aromatic heterocycles. The van der Waals surface area contributed by atoms with Gasteiger partial charge in [-0.1, -0.05) is 12.8 Å². The Balaban J connectivity index is 0.00000200. The highest BCUT2D eigenvalue weighted by Crippen LogP contribution is 2.25. The minimum Gasteiger partial charge on any atom is -0.354 e. The van der Waals surface area contributed by atoms with Crippen molar-refractivity contribution in [2.24, 2.45) is 11.7 Å². The van der Waals surface area contributed by atoms with Crippen LogP contribution in [0.2, 0.25) is 0 Å². The Morgan fingerprint density at radius 3 is 2.65 bits per heavy atom. The third-order valence-corrected chi connectivity index (χ3v) is 4.29. The summed E-state index contributed by atoms with van der Waals surface area (Å²) in [5, 5.41) is 5.70. The van der Waals surface area contributed by atoms with Crippen LogP contribution in [0, 0.1) is 5.92 Å². The predicted octanol–water partition coefficient (Wildman–Crippen LogP) is 1.10. The van der Waals surface area contributed by atoms with E-state index in [0.717, 1.165) is 45.1 Å². The molecule has 0 aromatic rings. The van der Waals surface area contributed by atoms with Crippen LogP contribution in [-0.2, 0) is 9.59 Å². The Morgan fingerprint density at radius 2 is 1.90 bits per heavy atom. The quantitative estimate of drug-likeness (QED) is 0.730. The van der Waals surface area contributed by atoms with E-state index in [0.29, 0.717) is 6.42 Å². The lowest BCUT2D eigenvalue weighted by atomic mass is 9.83. The van der Waals surface area contributed by atoms with Crippen molar-refractivity contribution in [2.75, 3.05) is 6.54 Å². The number of amides is 2. The number of carbonyl (C=O) groups is 2. The summed E-state index contributed by atoms with van der Waals surface area (Å²) in [5.41, 5.74) is 6.05. The van der Waals surface area contributed by atoms with Gasteiger partial charge in [-0.05, 0) is 38.0 Å². The molecule has 116 valence electrons. The van der Waals surface area contributed by atoms with Crippen molar-refractivity contribution in [1.29, 1.82) is 0 Å². The average molecular weight is 304 g/mol. The first-order valence-electron chi connectivity index (χ1n) is 7.49. The smallest absolute Gasteiger partial charge is 0.242 e. The summed E-state index contributed by atoms with van der Waals surface area (Å²) in [5.74, 6) is 0.214. The second-order valence-corrected chi connectivity index (χ2v) is 5.82. The largest absolute Gasteiger partial charge is 0.354 e. The molecule has 20 heavy (non-hydrogen) atoms. The monoisotopic (exact) mass is 303 g/mol. The van der Waals surface area contributed by atoms with Crippen LogP contribution in [0.4, 0.5) is 0 Å². The lowest BCUT2D eigenvalue weighted by molar-refractivity contribution is -0.129. The minimum atomic E-state index is -0.352. The first-order valence-corrected chi connectivity index (χ1v) is 7.49. The minimum absolute atomic E-state index is 0. The van der Waals surface area contributed by atoms with Gasteiger partial charge in [-0.25, -0.2) is 0 Å². The Kier molecular flexibility index (Phi) is 7.30. The Bertz CT molecular complexity index is 338. The number of halogens is 1. The van der Waals surface area contributed by atoms with E-state index in [1.165, 1.54) is 6.42 Å². The molecule has 1 aliphatic heterocycles. The van der Waals surface area contributed by atoms with Crippen molar-refractivity contribution in [3.05, 3.63) is 0 Å². The molecule has 0 spiro atoms. The van der Waals surface area contributed by atoms with Gasteiger partial charge < -0.3 is 16.4 Å². The van der Waals surface area contributed by atoms with E-state index in [4.69, 9.17) is 5.73 Å². The molecule has 0 radical (unpaired) electrons. The number of hydrogen-bond acceptors (Lipinski definition) is 3. The van der Waals surface area contributed by atoms with Crippen molar-refractivity contribution < 1.29 is 9.59 Å². The van der Waals surface area contributed by atoms with Crippen LogP contribution in [0.1, 0.15) is 51.4 Å². The van der Waals surface area contributed by atoms with Gasteiger partial charge in [0.25, 0.3) is 0 Å². The van der Waals surface area contributed by atoms with Gasteiger partial charge in [-0.15, -0.1) is 12.4 Å². The zero-order valence-corrected chi connectivity index (χ0v) is 12.7. The molecule has 3 unspecified atom stereocenters. The number of nitrogens with two attached hydrogens (primary N) is 1. The number of rotatable bonds is 3. The Morgan fingerprint density at radius 1 is 1.20 bits per heavy atom. The van der Waals surface area contributed by atoms with E-state index in [2.05, 4.69) is 10.6 Å². The fourth-order valence-electron chi connectivity index (χ4n) is 3.06. The summed E-state index contributed by atoms with van der Waals surface area (Å²) in [6.07, 6.45) is 7.56. The molecule has 4 N–H and O–H groups in total. The molecule has 1 saturated carbocycles. The van der Waals surface area contributed by atoms with Gasteiger partial charge in [-0.3, -0.25) is 9.59 Å². The molecule has 1 saturated heterocycles. The fourth-order valence-corrected chi connectivity index (χ4v) is 3.06. The molecule has 3 atom stereocenters. The van der Waals surface area contributed by atoms with Crippen LogP contribution in [0.3, 0.4) is 0 Å². The lowest BCUT2D eigenvalue weighted by Gasteiger charge is -2.28. The highest BCUT2D eigenvalue weighted by molar-refractivity contribution is 5.87. The van der Waals surface area contributed by atoms with Gasteiger partial charge in [0.15, 0.2) is 0 Å². The first kappa shape index (κ1) is 17.2. The van der Waals surface area contributed by atoms with Crippen LogP contribution in [0.15, 0.2) is 0 Å². The van der Waals surface area contributed by atoms with Crippen LogP contribution >= 0.6 is 12.4 Å². The lowest BCUT2D eigenvalue weighted by Crippen LogP contribution is -2.47. The standard InChI is InChI=1S/C14H25N3O2.ClH/c15-11-6-2-1-5-10(11)9-13(18)17-12-7-3-4-8-16-14(12)19;/h10-12H,1-9,15H2,(H,16,19)(H,17,18);1H. The van der Waals surface area contributed by atoms with Crippen LogP contribution in [0.25, 0.3) is 0 Å². The van der Waals surface area contributed by atoms with Gasteiger partial charge in [0.1, 0.15) is 6.04 Å². The molecule has 0 aromatic carbocycles. The summed E-state index contributed by atoms with van der Waals surface area (Å²) >= 11 is 0. The third kappa shape index (κ3) is 4.94. The molecule has 2 rings (SSSR count). The molecule has 2 fully saturated rings. The molecule has 0 bridgehead atoms. The van der Waals surface area contributed by atoms with E-state index in [1.54, 1.807) is 0 Å². The normalized spacial score (nSPS) is 30.6. The third-order valence-electron chi connectivity index (χ3n) is 4.29. The van der Waals surface area contributed by atoms with Crippen molar-refractivity contribution in [3.63, 3.8) is 0 Å². The Hall–Kier alpha value is -0.810. The maximum atomic E-state index is 12.0. The van der Waals surface area contributed by atoms with Crippen molar-refractivity contribution >= 4 is 24.2 Å². The summed E-state index contributed by atoms with van der Waals surface area (Å²) in [4.78, 5) is 23.8. The summed E-state index contributed by atoms with van der Waals surface area (Å²) < 4.78 is 0. The van der Waals surface area contributed by atoms with Crippen molar-refractivity contribution in [3.8, 4) is 0 Å². The number of nitrogens with one attached hydrogen (secondary N) is 2. The molecular weight excluding hydrogens is 278 g/mol. The Labute approximate surface area is 126 Å². The topological polar surface area (TPSA) is 84.2 Å². The van der Waals surface area contributed by atoms with E-state index >= 15 is 0 Å². The SMILES string of the molecule is Cl.NC1CCCCC1CC(=O)NC1CCCCNC1=O. The van der Waals surface area contributed by atoms with E-state index in [1.807, 2.05) is 0 Å². The molecule has 6 heteroatoms. The van der Waals surface area contributed by atoms with E-state index < -0.39 is 0 Å². The van der Waals surface area contributed by atoms with Crippen LogP contribution < -0.4 is 16.4 Å². The van der Waals surface area contributed by atoms with E-state index in [9.17, 15) is 9.59 Å². The van der Waals surface area contributed by atoms with Gasteiger partial charge in [0, 0.05) is 19.0 Å². The first-order chi connectivity index (χ1) is 9.16. The second-order valence-electron chi connectivity index (χ2n) is 5.82. The predicted molar refractivity (Wildman–Crippen MR) is 80.6 cm³/mol. The molecule has 1 heterocycles. The fraction of sp³-hybridized carbons (Fsp3) is 0.857. The zero-order chi connectivity index (χ0) is 13.7. The average Bonchev–Trinajstić information content (AvgIpc) is 2.58. The van der Waals surface area contributed by atoms with Gasteiger partial charge in [-0.2, -0.15) is 0 Å². The number of hydrogen-bond donors (Lipinski definition) is 3. The van der Waals surface area contributed by atoms with E-state index in [-0.39, 0.29) is 42.2 Å². The van der Waals surface area contributed by atoms with Crippen LogP contribution in [0.5, 0.6) is 0 Å². The molecule has 1 aliphatic carbocycles. The van der Waals surface area contributed by atoms with Crippen molar-refractivity contribution in [1.82, 2.24) is 10.6 Å². The molecule has 5 nitrogen and oxygen atoms in total. The van der Waals surface area contributed by atoms with Crippen LogP contribution in [-0.4, -0.2) is 30.4 Å². The zero-order valence-electron chi connectivity index (χ0n) is 11.9. The highest BCUT2D eigenvalue weighted by Gasteiger charge is 2.27. The maximum absolute atomic E-state index is 12.0. The molecule has 2 amide bonds. The highest BCUT2D eigenvalue weighted by atomic mass is 35.5. The summed E-state index contributed by atoms with van der Waals surface area (Å²) in [7, 11) is 0. The van der Waals surface area contributed by atoms with Crippen molar-refractivity contribution in [2.45, 2.75) is 63.5 Å². The molecule has 2 aliphatic rings.